The van der Waals surface area contributed by atoms with Crippen molar-refractivity contribution in [2.45, 2.75) is 17.6 Å². The third kappa shape index (κ3) is 2.72. The minimum absolute atomic E-state index is 0.491. The average molecular weight is 291 g/mol. The van der Waals surface area contributed by atoms with Crippen LogP contribution in [0.3, 0.4) is 0 Å². The van der Waals surface area contributed by atoms with Gasteiger partial charge >= 0.3 is 0 Å². The van der Waals surface area contributed by atoms with Crippen molar-refractivity contribution >= 4 is 21.4 Å². The minimum Gasteiger partial charge on any atom is -0.486 e. The molecule has 0 saturated carbocycles. The molecule has 1 heterocycles. The molecule has 0 amide bonds. The van der Waals surface area contributed by atoms with Crippen molar-refractivity contribution in [3.63, 3.8) is 0 Å². The second-order valence-electron chi connectivity index (χ2n) is 4.34. The molecule has 2 unspecified atom stereocenters. The smallest absolute Gasteiger partial charge is 0.161 e. The van der Waals surface area contributed by atoms with E-state index in [9.17, 15) is 8.42 Å². The van der Waals surface area contributed by atoms with Crippen molar-refractivity contribution in [2.24, 2.45) is 0 Å². The lowest BCUT2D eigenvalue weighted by atomic mass is 10.1. The predicted octanol–water partition coefficient (Wildman–Crippen LogP) is 2.17. The molecule has 1 aliphatic heterocycles. The van der Waals surface area contributed by atoms with Crippen molar-refractivity contribution in [1.82, 2.24) is 0 Å². The number of fused-ring (bicyclic) bond motifs is 1. The van der Waals surface area contributed by atoms with Crippen molar-refractivity contribution in [3.8, 4) is 11.5 Å². The first-order chi connectivity index (χ1) is 8.39. The van der Waals surface area contributed by atoms with Crippen LogP contribution in [-0.4, -0.2) is 33.1 Å². The van der Waals surface area contributed by atoms with Gasteiger partial charge in [0.25, 0.3) is 0 Å². The van der Waals surface area contributed by atoms with E-state index in [1.54, 1.807) is 25.1 Å². The number of hydrogen-bond acceptors (Lipinski definition) is 4. The van der Waals surface area contributed by atoms with Gasteiger partial charge in [-0.15, -0.1) is 11.6 Å². The number of halogens is 1. The molecule has 1 aromatic carbocycles. The summed E-state index contributed by atoms with van der Waals surface area (Å²) in [6, 6.07) is 5.27. The van der Waals surface area contributed by atoms with Crippen LogP contribution >= 0.6 is 11.6 Å². The van der Waals surface area contributed by atoms with E-state index in [1.165, 1.54) is 6.26 Å². The second kappa shape index (κ2) is 4.97. The summed E-state index contributed by atoms with van der Waals surface area (Å²) in [6.45, 7) is 2.62. The minimum atomic E-state index is -3.18. The molecule has 1 aliphatic rings. The van der Waals surface area contributed by atoms with Gasteiger partial charge in [-0.05, 0) is 24.6 Å². The highest BCUT2D eigenvalue weighted by Crippen LogP contribution is 2.36. The fourth-order valence-electron chi connectivity index (χ4n) is 1.72. The topological polar surface area (TPSA) is 52.6 Å². The highest BCUT2D eigenvalue weighted by atomic mass is 35.5. The maximum atomic E-state index is 11.5. The normalized spacial score (nSPS) is 18.2. The van der Waals surface area contributed by atoms with E-state index in [1.807, 2.05) is 0 Å². The number of alkyl halides is 1. The highest BCUT2D eigenvalue weighted by Gasteiger charge is 2.26. The molecule has 0 radical (unpaired) electrons. The van der Waals surface area contributed by atoms with Crippen LogP contribution < -0.4 is 9.47 Å². The maximum Gasteiger partial charge on any atom is 0.161 e. The van der Waals surface area contributed by atoms with E-state index in [0.717, 1.165) is 5.56 Å². The summed E-state index contributed by atoms with van der Waals surface area (Å²) < 4.78 is 33.8. The van der Waals surface area contributed by atoms with Gasteiger partial charge in [0.2, 0.25) is 0 Å². The standard InChI is InChI=1S/C12H15ClO4S/c1-8(18(2,14)15)12(13)9-3-4-10-11(7-9)17-6-5-16-10/h3-4,7-8,12H,5-6H2,1-2H3. The quantitative estimate of drug-likeness (QED) is 0.801. The number of hydrogen-bond donors (Lipinski definition) is 0. The number of sulfone groups is 1. The molecule has 0 aromatic heterocycles. The van der Waals surface area contributed by atoms with Gasteiger partial charge in [0.05, 0.1) is 10.6 Å². The van der Waals surface area contributed by atoms with Crippen molar-refractivity contribution in [1.29, 1.82) is 0 Å². The van der Waals surface area contributed by atoms with Crippen LogP contribution in [0.4, 0.5) is 0 Å². The van der Waals surface area contributed by atoms with E-state index in [0.29, 0.717) is 24.7 Å². The van der Waals surface area contributed by atoms with Gasteiger partial charge in [0.15, 0.2) is 21.3 Å². The summed E-state index contributed by atoms with van der Waals surface area (Å²) >= 11 is 6.21. The summed E-state index contributed by atoms with van der Waals surface area (Å²) in [5.41, 5.74) is 0.721. The Morgan fingerprint density at radius 2 is 1.83 bits per heavy atom. The molecule has 0 fully saturated rings. The number of rotatable bonds is 3. The lowest BCUT2D eigenvalue weighted by Gasteiger charge is -2.21. The Kier molecular flexibility index (Phi) is 3.73. The molecule has 100 valence electrons. The molecule has 1 aromatic rings. The highest BCUT2D eigenvalue weighted by molar-refractivity contribution is 7.91. The zero-order valence-electron chi connectivity index (χ0n) is 10.2. The van der Waals surface area contributed by atoms with E-state index >= 15 is 0 Å². The van der Waals surface area contributed by atoms with E-state index < -0.39 is 20.5 Å². The monoisotopic (exact) mass is 290 g/mol. The molecule has 18 heavy (non-hydrogen) atoms. The Hall–Kier alpha value is -0.940. The first-order valence-corrected chi connectivity index (χ1v) is 8.01. The Morgan fingerprint density at radius 1 is 1.22 bits per heavy atom. The third-order valence-electron chi connectivity index (χ3n) is 2.97. The van der Waals surface area contributed by atoms with Gasteiger partial charge in [-0.1, -0.05) is 6.07 Å². The average Bonchev–Trinajstić information content (AvgIpc) is 2.35. The van der Waals surface area contributed by atoms with Gasteiger partial charge in [0.1, 0.15) is 13.2 Å². The van der Waals surface area contributed by atoms with Gasteiger partial charge < -0.3 is 9.47 Å². The van der Waals surface area contributed by atoms with Crippen LogP contribution in [-0.2, 0) is 9.84 Å². The van der Waals surface area contributed by atoms with Crippen molar-refractivity contribution in [3.05, 3.63) is 23.8 Å². The van der Waals surface area contributed by atoms with Gasteiger partial charge in [-0.3, -0.25) is 0 Å². The molecule has 6 heteroatoms. The van der Waals surface area contributed by atoms with Crippen LogP contribution in [0.25, 0.3) is 0 Å². The summed E-state index contributed by atoms with van der Waals surface area (Å²) in [5.74, 6) is 1.28. The molecule has 2 rings (SSSR count). The Morgan fingerprint density at radius 3 is 2.44 bits per heavy atom. The maximum absolute atomic E-state index is 11.5. The van der Waals surface area contributed by atoms with Crippen LogP contribution in [0, 0.1) is 0 Å². The lowest BCUT2D eigenvalue weighted by Crippen LogP contribution is -2.21. The van der Waals surface area contributed by atoms with Crippen LogP contribution in [0.1, 0.15) is 17.9 Å². The fraction of sp³-hybridized carbons (Fsp3) is 0.500. The zero-order valence-corrected chi connectivity index (χ0v) is 11.8. The lowest BCUT2D eigenvalue weighted by molar-refractivity contribution is 0.171. The molecule has 0 spiro atoms. The third-order valence-corrected chi connectivity index (χ3v) is 5.37. The van der Waals surface area contributed by atoms with Crippen molar-refractivity contribution in [2.75, 3.05) is 19.5 Å². The summed E-state index contributed by atoms with van der Waals surface area (Å²) in [4.78, 5) is 0. The van der Waals surface area contributed by atoms with Gasteiger partial charge in [-0.2, -0.15) is 0 Å². The van der Waals surface area contributed by atoms with Crippen LogP contribution in [0.15, 0.2) is 18.2 Å². The molecular weight excluding hydrogens is 276 g/mol. The molecule has 2 atom stereocenters. The SMILES string of the molecule is CC(C(Cl)c1ccc2c(c1)OCCO2)S(C)(=O)=O. The number of ether oxygens (including phenoxy) is 2. The molecule has 4 nitrogen and oxygen atoms in total. The van der Waals surface area contributed by atoms with Gasteiger partial charge in [-0.25, -0.2) is 8.42 Å². The van der Waals surface area contributed by atoms with E-state index in [4.69, 9.17) is 21.1 Å². The Balaban J connectivity index is 2.29. The molecule has 0 N–H and O–H groups in total. The molecular formula is C12H15ClO4S. The van der Waals surface area contributed by atoms with Crippen LogP contribution in [0.2, 0.25) is 0 Å². The Bertz CT molecular complexity index is 541. The molecule has 0 saturated heterocycles. The Labute approximate surface area is 112 Å². The first kappa shape index (κ1) is 13.5. The molecule has 0 bridgehead atoms. The summed E-state index contributed by atoms with van der Waals surface area (Å²) in [5, 5.41) is -1.25. The summed E-state index contributed by atoms with van der Waals surface area (Å²) in [7, 11) is -3.18. The fourth-order valence-corrected chi connectivity index (χ4v) is 3.01. The first-order valence-electron chi connectivity index (χ1n) is 5.62. The summed E-state index contributed by atoms with van der Waals surface area (Å²) in [6.07, 6.45) is 1.19. The number of benzene rings is 1. The van der Waals surface area contributed by atoms with Crippen molar-refractivity contribution < 1.29 is 17.9 Å². The zero-order chi connectivity index (χ0) is 13.3. The van der Waals surface area contributed by atoms with Crippen LogP contribution in [0.5, 0.6) is 11.5 Å². The van der Waals surface area contributed by atoms with E-state index in [2.05, 4.69) is 0 Å². The predicted molar refractivity (Wildman–Crippen MR) is 70.3 cm³/mol. The second-order valence-corrected chi connectivity index (χ2v) is 7.21. The molecule has 0 aliphatic carbocycles. The van der Waals surface area contributed by atoms with E-state index in [-0.39, 0.29) is 0 Å². The largest absolute Gasteiger partial charge is 0.486 e. The van der Waals surface area contributed by atoms with Gasteiger partial charge in [0, 0.05) is 6.26 Å².